The van der Waals surface area contributed by atoms with Crippen LogP contribution in [-0.2, 0) is 16.0 Å². The van der Waals surface area contributed by atoms with Crippen LogP contribution in [0.3, 0.4) is 0 Å². The van der Waals surface area contributed by atoms with Crippen molar-refractivity contribution in [3.05, 3.63) is 75.1 Å². The quantitative estimate of drug-likeness (QED) is 0.580. The van der Waals surface area contributed by atoms with Crippen molar-refractivity contribution in [3.63, 3.8) is 0 Å². The zero-order chi connectivity index (χ0) is 21.8. The van der Waals surface area contributed by atoms with Crippen molar-refractivity contribution >= 4 is 22.8 Å². The van der Waals surface area contributed by atoms with Crippen molar-refractivity contribution in [2.24, 2.45) is 0 Å². The number of methoxy groups -OCH3 is 1. The molecule has 0 unspecified atom stereocenters. The lowest BCUT2D eigenvalue weighted by Gasteiger charge is -2.15. The number of aliphatic carboxylic acids is 1. The van der Waals surface area contributed by atoms with Crippen LogP contribution in [0.2, 0.25) is 0 Å². The maximum absolute atomic E-state index is 12.5. The molecule has 7 heteroatoms. The molecule has 0 fully saturated rings. The number of fused-ring (bicyclic) bond motifs is 1. The number of carbonyl (C=O) groups is 2. The number of benzene rings is 2. The molecule has 0 saturated carbocycles. The maximum atomic E-state index is 12.5. The molecule has 7 nitrogen and oxygen atoms in total. The Hall–Kier alpha value is -3.61. The highest BCUT2D eigenvalue weighted by molar-refractivity contribution is 5.86. The van der Waals surface area contributed by atoms with Gasteiger partial charge in [0.1, 0.15) is 11.3 Å². The van der Waals surface area contributed by atoms with Gasteiger partial charge in [-0.1, -0.05) is 30.3 Å². The highest BCUT2D eigenvalue weighted by atomic mass is 16.5. The molecule has 0 aliphatic carbocycles. The van der Waals surface area contributed by atoms with Gasteiger partial charge in [0.25, 0.3) is 0 Å². The number of hydrogen-bond acceptors (Lipinski definition) is 5. The first-order chi connectivity index (χ1) is 14.3. The average Bonchev–Trinajstić information content (AvgIpc) is 2.73. The summed E-state index contributed by atoms with van der Waals surface area (Å²) in [4.78, 5) is 36.5. The third-order valence-electron chi connectivity index (χ3n) is 5.16. The summed E-state index contributed by atoms with van der Waals surface area (Å²) in [5, 5.41) is 12.7. The molecule has 0 spiro atoms. The number of rotatable bonds is 7. The number of nitrogens with one attached hydrogen (secondary N) is 1. The highest BCUT2D eigenvalue weighted by Gasteiger charge is 2.22. The first-order valence-corrected chi connectivity index (χ1v) is 9.50. The molecule has 1 amide bonds. The number of ether oxygens (including phenoxy) is 1. The average molecular weight is 409 g/mol. The largest absolute Gasteiger partial charge is 0.496 e. The second-order valence-corrected chi connectivity index (χ2v) is 7.01. The normalized spacial score (nSPS) is 11.8. The van der Waals surface area contributed by atoms with Crippen LogP contribution in [0.4, 0.5) is 0 Å². The van der Waals surface area contributed by atoms with E-state index in [1.54, 1.807) is 43.5 Å². The molecule has 3 aromatic rings. The molecule has 1 atom stereocenters. The minimum Gasteiger partial charge on any atom is -0.496 e. The molecule has 30 heavy (non-hydrogen) atoms. The summed E-state index contributed by atoms with van der Waals surface area (Å²) in [6.07, 6.45) is 0.102. The van der Waals surface area contributed by atoms with Crippen LogP contribution < -0.4 is 15.7 Å². The Morgan fingerprint density at radius 2 is 1.80 bits per heavy atom. The highest BCUT2D eigenvalue weighted by Crippen LogP contribution is 2.29. The van der Waals surface area contributed by atoms with E-state index in [1.807, 2.05) is 19.9 Å². The molecule has 1 heterocycles. The van der Waals surface area contributed by atoms with Gasteiger partial charge in [-0.3, -0.25) is 4.79 Å². The monoisotopic (exact) mass is 409 g/mol. The number of amides is 1. The third kappa shape index (κ3) is 4.20. The summed E-state index contributed by atoms with van der Waals surface area (Å²) in [7, 11) is 1.55. The lowest BCUT2D eigenvalue weighted by Crippen LogP contribution is -2.34. The van der Waals surface area contributed by atoms with Crippen molar-refractivity contribution in [1.82, 2.24) is 5.32 Å². The fourth-order valence-corrected chi connectivity index (χ4v) is 3.49. The standard InChI is InChI=1S/C23H23NO6/c1-13-16-9-11-18(29-3)14(2)21(16)30-23(28)17(13)10-12-19(25)24-20(22(26)27)15-7-5-4-6-8-15/h4-9,11,20H,10,12H2,1-3H3,(H,24,25)(H,26,27)/t20-/m0/s1. The summed E-state index contributed by atoms with van der Waals surface area (Å²) in [6, 6.07) is 10.9. The van der Waals surface area contributed by atoms with Crippen LogP contribution in [0.5, 0.6) is 5.75 Å². The van der Waals surface area contributed by atoms with Gasteiger partial charge < -0.3 is 19.6 Å². The van der Waals surface area contributed by atoms with E-state index in [4.69, 9.17) is 9.15 Å². The second-order valence-electron chi connectivity index (χ2n) is 7.01. The lowest BCUT2D eigenvalue weighted by atomic mass is 10.00. The van der Waals surface area contributed by atoms with E-state index in [1.165, 1.54) is 0 Å². The van der Waals surface area contributed by atoms with Crippen LogP contribution in [-0.4, -0.2) is 24.1 Å². The molecule has 0 radical (unpaired) electrons. The van der Waals surface area contributed by atoms with Gasteiger partial charge in [-0.15, -0.1) is 0 Å². The number of hydrogen-bond donors (Lipinski definition) is 2. The van der Waals surface area contributed by atoms with E-state index in [0.29, 0.717) is 22.5 Å². The minimum atomic E-state index is -1.15. The van der Waals surface area contributed by atoms with Crippen LogP contribution >= 0.6 is 0 Å². The van der Waals surface area contributed by atoms with Crippen LogP contribution in [0.1, 0.15) is 34.7 Å². The van der Waals surface area contributed by atoms with Crippen LogP contribution in [0.15, 0.2) is 51.7 Å². The Kier molecular flexibility index (Phi) is 6.20. The van der Waals surface area contributed by atoms with Crippen molar-refractivity contribution in [3.8, 4) is 5.75 Å². The summed E-state index contributed by atoms with van der Waals surface area (Å²) in [6.45, 7) is 3.62. The summed E-state index contributed by atoms with van der Waals surface area (Å²) in [5.41, 5.74) is 2.28. The first-order valence-electron chi connectivity index (χ1n) is 9.50. The fraction of sp³-hybridized carbons (Fsp3) is 0.261. The van der Waals surface area contributed by atoms with E-state index in [2.05, 4.69) is 5.32 Å². The van der Waals surface area contributed by atoms with Crippen molar-refractivity contribution in [1.29, 1.82) is 0 Å². The van der Waals surface area contributed by atoms with E-state index in [-0.39, 0.29) is 12.8 Å². The Balaban J connectivity index is 1.80. The summed E-state index contributed by atoms with van der Waals surface area (Å²) in [5.74, 6) is -0.991. The Morgan fingerprint density at radius 3 is 2.43 bits per heavy atom. The van der Waals surface area contributed by atoms with E-state index >= 15 is 0 Å². The molecular formula is C23H23NO6. The molecule has 2 aromatic carbocycles. The van der Waals surface area contributed by atoms with Gasteiger partial charge in [0.05, 0.1) is 7.11 Å². The zero-order valence-electron chi connectivity index (χ0n) is 17.0. The second kappa shape index (κ2) is 8.82. The topological polar surface area (TPSA) is 106 Å². The summed E-state index contributed by atoms with van der Waals surface area (Å²) >= 11 is 0. The van der Waals surface area contributed by atoms with Gasteiger partial charge in [-0.05, 0) is 43.5 Å². The summed E-state index contributed by atoms with van der Waals surface area (Å²) < 4.78 is 10.8. The smallest absolute Gasteiger partial charge is 0.339 e. The number of carboxylic acid groups (broad SMARTS) is 1. The molecule has 2 N–H and O–H groups in total. The molecule has 1 aromatic heterocycles. The van der Waals surface area contributed by atoms with E-state index in [0.717, 1.165) is 16.5 Å². The Bertz CT molecular complexity index is 1150. The van der Waals surface area contributed by atoms with Crippen molar-refractivity contribution in [2.45, 2.75) is 32.7 Å². The first kappa shape index (κ1) is 21.1. The SMILES string of the molecule is COc1ccc2c(C)c(CCC(=O)N[C@H](C(=O)O)c3ccccc3)c(=O)oc2c1C. The van der Waals surface area contributed by atoms with Crippen LogP contribution in [0.25, 0.3) is 11.0 Å². The molecular weight excluding hydrogens is 386 g/mol. The lowest BCUT2D eigenvalue weighted by molar-refractivity contribution is -0.142. The van der Waals surface area contributed by atoms with Gasteiger partial charge in [0, 0.05) is 22.9 Å². The fourth-order valence-electron chi connectivity index (χ4n) is 3.49. The number of aryl methyl sites for hydroxylation is 2. The molecule has 0 saturated heterocycles. The van der Waals surface area contributed by atoms with E-state index < -0.39 is 23.5 Å². The molecule has 0 bridgehead atoms. The molecule has 3 rings (SSSR count). The van der Waals surface area contributed by atoms with Crippen molar-refractivity contribution in [2.75, 3.05) is 7.11 Å². The van der Waals surface area contributed by atoms with Crippen molar-refractivity contribution < 1.29 is 23.8 Å². The van der Waals surface area contributed by atoms with E-state index in [9.17, 15) is 19.5 Å². The number of carbonyl (C=O) groups excluding carboxylic acids is 1. The predicted molar refractivity (Wildman–Crippen MR) is 112 cm³/mol. The molecule has 156 valence electrons. The zero-order valence-corrected chi connectivity index (χ0v) is 17.0. The van der Waals surface area contributed by atoms with Gasteiger partial charge in [-0.25, -0.2) is 9.59 Å². The Labute approximate surface area is 173 Å². The third-order valence-corrected chi connectivity index (χ3v) is 5.16. The van der Waals surface area contributed by atoms with Gasteiger partial charge in [0.2, 0.25) is 5.91 Å². The van der Waals surface area contributed by atoms with Gasteiger partial charge >= 0.3 is 11.6 Å². The number of carboxylic acids is 1. The molecule has 0 aliphatic rings. The Morgan fingerprint density at radius 1 is 1.10 bits per heavy atom. The predicted octanol–water partition coefficient (Wildman–Crippen LogP) is 3.29. The molecule has 0 aliphatic heterocycles. The van der Waals surface area contributed by atoms with Crippen LogP contribution in [0, 0.1) is 13.8 Å². The minimum absolute atomic E-state index is 0.0388. The van der Waals surface area contributed by atoms with Gasteiger partial charge in [0.15, 0.2) is 6.04 Å². The van der Waals surface area contributed by atoms with Gasteiger partial charge in [-0.2, -0.15) is 0 Å². The maximum Gasteiger partial charge on any atom is 0.339 e.